The summed E-state index contributed by atoms with van der Waals surface area (Å²) in [4.78, 5) is 2.72. The van der Waals surface area contributed by atoms with Gasteiger partial charge in [-0.05, 0) is 31.7 Å². The van der Waals surface area contributed by atoms with Crippen LogP contribution in [0.3, 0.4) is 0 Å². The van der Waals surface area contributed by atoms with Gasteiger partial charge in [-0.3, -0.25) is 4.90 Å². The predicted octanol–water partition coefficient (Wildman–Crippen LogP) is 3.11. The van der Waals surface area contributed by atoms with Gasteiger partial charge in [0.05, 0.1) is 0 Å². The molecule has 2 unspecified atom stereocenters. The van der Waals surface area contributed by atoms with Crippen LogP contribution in [0.25, 0.3) is 0 Å². The third kappa shape index (κ3) is 3.43. The van der Waals surface area contributed by atoms with Crippen molar-refractivity contribution in [3.8, 4) is 0 Å². The molecule has 2 fully saturated rings. The highest BCUT2D eigenvalue weighted by molar-refractivity contribution is 8.00. The van der Waals surface area contributed by atoms with E-state index in [2.05, 4.69) is 30.5 Å². The van der Waals surface area contributed by atoms with Crippen LogP contribution in [0, 0.1) is 5.41 Å². The summed E-state index contributed by atoms with van der Waals surface area (Å²) in [5.41, 5.74) is 6.60. The molecule has 0 radical (unpaired) electrons. The van der Waals surface area contributed by atoms with Gasteiger partial charge in [0.15, 0.2) is 0 Å². The third-order valence-electron chi connectivity index (χ3n) is 5.15. The van der Waals surface area contributed by atoms with Crippen molar-refractivity contribution in [2.45, 2.75) is 63.7 Å². The van der Waals surface area contributed by atoms with Gasteiger partial charge >= 0.3 is 0 Å². The van der Waals surface area contributed by atoms with E-state index < -0.39 is 0 Å². The molecule has 18 heavy (non-hydrogen) atoms. The molecule has 2 atom stereocenters. The van der Waals surface area contributed by atoms with Gasteiger partial charge in [-0.1, -0.05) is 32.6 Å². The number of hydrogen-bond acceptors (Lipinski definition) is 3. The van der Waals surface area contributed by atoms with Crippen molar-refractivity contribution in [1.82, 2.24) is 4.90 Å². The number of nitrogens with two attached hydrogens (primary N) is 1. The Kier molecular flexibility index (Phi) is 5.40. The van der Waals surface area contributed by atoms with Crippen LogP contribution < -0.4 is 5.73 Å². The summed E-state index contributed by atoms with van der Waals surface area (Å²) in [6.45, 7) is 8.17. The van der Waals surface area contributed by atoms with Gasteiger partial charge in [0.25, 0.3) is 0 Å². The highest BCUT2D eigenvalue weighted by Gasteiger charge is 2.35. The van der Waals surface area contributed by atoms with Crippen LogP contribution in [-0.4, -0.2) is 41.6 Å². The lowest BCUT2D eigenvalue weighted by Gasteiger charge is -2.44. The first-order valence-corrected chi connectivity index (χ1v) is 8.77. The average Bonchev–Trinajstić information content (AvgIpc) is 2.61. The first kappa shape index (κ1) is 14.7. The van der Waals surface area contributed by atoms with Gasteiger partial charge in [-0.25, -0.2) is 0 Å². The Morgan fingerprint density at radius 3 is 2.44 bits per heavy atom. The van der Waals surface area contributed by atoms with E-state index in [1.165, 1.54) is 57.4 Å². The molecule has 0 bridgehead atoms. The van der Waals surface area contributed by atoms with Crippen LogP contribution in [0.5, 0.6) is 0 Å². The molecule has 2 rings (SSSR count). The fourth-order valence-electron chi connectivity index (χ4n) is 3.55. The SMILES string of the molecule is CC1SCCN(CC2(CN)CCCCCC2)C1C. The minimum atomic E-state index is 0.423. The molecule has 0 aromatic carbocycles. The van der Waals surface area contributed by atoms with Crippen molar-refractivity contribution in [3.05, 3.63) is 0 Å². The molecule has 1 heterocycles. The molecule has 1 saturated heterocycles. The number of hydrogen-bond donors (Lipinski definition) is 1. The maximum atomic E-state index is 6.17. The smallest absolute Gasteiger partial charge is 0.0184 e. The Morgan fingerprint density at radius 1 is 1.17 bits per heavy atom. The normalized spacial score (nSPS) is 34.2. The maximum Gasteiger partial charge on any atom is 0.0184 e. The molecule has 0 spiro atoms. The Morgan fingerprint density at radius 2 is 1.83 bits per heavy atom. The van der Waals surface area contributed by atoms with Crippen molar-refractivity contribution < 1.29 is 0 Å². The van der Waals surface area contributed by atoms with Crippen LogP contribution in [0.4, 0.5) is 0 Å². The predicted molar refractivity (Wildman–Crippen MR) is 82.1 cm³/mol. The second-order valence-electron chi connectivity index (χ2n) is 6.41. The molecule has 0 aromatic rings. The second kappa shape index (κ2) is 6.62. The molecule has 2 aliphatic rings. The number of nitrogens with zero attached hydrogens (tertiary/aromatic N) is 1. The summed E-state index contributed by atoms with van der Waals surface area (Å²) in [6.07, 6.45) is 8.34. The van der Waals surface area contributed by atoms with Gasteiger partial charge < -0.3 is 5.73 Å². The zero-order valence-electron chi connectivity index (χ0n) is 12.2. The molecular weight excluding hydrogens is 240 g/mol. The van der Waals surface area contributed by atoms with Gasteiger partial charge in [-0.2, -0.15) is 11.8 Å². The highest BCUT2D eigenvalue weighted by Crippen LogP contribution is 2.37. The summed E-state index contributed by atoms with van der Waals surface area (Å²) in [6, 6.07) is 0.718. The van der Waals surface area contributed by atoms with E-state index in [0.717, 1.165) is 17.8 Å². The summed E-state index contributed by atoms with van der Waals surface area (Å²) >= 11 is 2.13. The fourth-order valence-corrected chi connectivity index (χ4v) is 4.72. The van der Waals surface area contributed by atoms with E-state index in [1.807, 2.05) is 0 Å². The first-order valence-electron chi connectivity index (χ1n) is 7.73. The Hall–Kier alpha value is 0.270. The third-order valence-corrected chi connectivity index (χ3v) is 6.49. The highest BCUT2D eigenvalue weighted by atomic mass is 32.2. The summed E-state index contributed by atoms with van der Waals surface area (Å²) in [5.74, 6) is 1.30. The molecule has 1 aliphatic carbocycles. The summed E-state index contributed by atoms with van der Waals surface area (Å²) < 4.78 is 0. The molecule has 0 amide bonds. The van der Waals surface area contributed by atoms with Gasteiger partial charge in [-0.15, -0.1) is 0 Å². The van der Waals surface area contributed by atoms with E-state index in [9.17, 15) is 0 Å². The van der Waals surface area contributed by atoms with Gasteiger partial charge in [0, 0.05) is 30.1 Å². The number of rotatable bonds is 3. The van der Waals surface area contributed by atoms with Gasteiger partial charge in [0.2, 0.25) is 0 Å². The molecule has 2 nitrogen and oxygen atoms in total. The summed E-state index contributed by atoms with van der Waals surface area (Å²) in [5, 5.41) is 0.777. The monoisotopic (exact) mass is 270 g/mol. The second-order valence-corrected chi connectivity index (χ2v) is 7.89. The lowest BCUT2D eigenvalue weighted by molar-refractivity contribution is 0.107. The molecule has 106 valence electrons. The maximum absolute atomic E-state index is 6.17. The van der Waals surface area contributed by atoms with E-state index in [1.54, 1.807) is 0 Å². The first-order chi connectivity index (χ1) is 8.67. The van der Waals surface area contributed by atoms with E-state index in [-0.39, 0.29) is 0 Å². The number of thioether (sulfide) groups is 1. The Labute approximate surface area is 117 Å². The van der Waals surface area contributed by atoms with E-state index in [0.29, 0.717) is 5.41 Å². The standard InChI is InChI=1S/C15H30N2S/c1-13-14(2)18-10-9-17(13)12-15(11-16)7-5-3-4-6-8-15/h13-14H,3-12,16H2,1-2H3. The lowest BCUT2D eigenvalue weighted by Crippen LogP contribution is -2.51. The van der Waals surface area contributed by atoms with Crippen molar-refractivity contribution >= 4 is 11.8 Å². The van der Waals surface area contributed by atoms with Crippen LogP contribution in [0.2, 0.25) is 0 Å². The Balaban J connectivity index is 1.99. The van der Waals surface area contributed by atoms with Crippen molar-refractivity contribution in [2.24, 2.45) is 11.1 Å². The van der Waals surface area contributed by atoms with Crippen LogP contribution >= 0.6 is 11.8 Å². The van der Waals surface area contributed by atoms with Crippen molar-refractivity contribution in [3.63, 3.8) is 0 Å². The zero-order valence-corrected chi connectivity index (χ0v) is 13.0. The lowest BCUT2D eigenvalue weighted by atomic mass is 9.79. The van der Waals surface area contributed by atoms with Crippen molar-refractivity contribution in [2.75, 3.05) is 25.4 Å². The van der Waals surface area contributed by atoms with Crippen LogP contribution in [0.1, 0.15) is 52.4 Å². The average molecular weight is 270 g/mol. The molecule has 1 aliphatic heterocycles. The summed E-state index contributed by atoms with van der Waals surface area (Å²) in [7, 11) is 0. The van der Waals surface area contributed by atoms with Crippen LogP contribution in [-0.2, 0) is 0 Å². The molecular formula is C15H30N2S. The van der Waals surface area contributed by atoms with Gasteiger partial charge in [0.1, 0.15) is 0 Å². The Bertz CT molecular complexity index is 249. The zero-order chi connectivity index (χ0) is 13.0. The van der Waals surface area contributed by atoms with Crippen LogP contribution in [0.15, 0.2) is 0 Å². The fraction of sp³-hybridized carbons (Fsp3) is 1.00. The molecule has 3 heteroatoms. The van der Waals surface area contributed by atoms with E-state index >= 15 is 0 Å². The van der Waals surface area contributed by atoms with Crippen molar-refractivity contribution in [1.29, 1.82) is 0 Å². The largest absolute Gasteiger partial charge is 0.330 e. The van der Waals surface area contributed by atoms with E-state index in [4.69, 9.17) is 5.73 Å². The minimum absolute atomic E-state index is 0.423. The quantitative estimate of drug-likeness (QED) is 0.799. The minimum Gasteiger partial charge on any atom is -0.330 e. The molecule has 0 aromatic heterocycles. The molecule has 2 N–H and O–H groups in total. The topological polar surface area (TPSA) is 29.3 Å². The molecule has 1 saturated carbocycles.